The van der Waals surface area contributed by atoms with Crippen molar-refractivity contribution in [3.63, 3.8) is 0 Å². The van der Waals surface area contributed by atoms with Crippen molar-refractivity contribution in [2.24, 2.45) is 5.41 Å². The fraction of sp³-hybridized carbons (Fsp3) is 0.438. The smallest absolute Gasteiger partial charge is 0.244 e. The highest BCUT2D eigenvalue weighted by Gasteiger charge is 2.21. The van der Waals surface area contributed by atoms with Gasteiger partial charge >= 0.3 is 0 Å². The third-order valence-corrected chi connectivity index (χ3v) is 3.68. The number of carbonyl (C=O) groups is 1. The van der Waals surface area contributed by atoms with Crippen molar-refractivity contribution in [2.45, 2.75) is 13.8 Å². The molecule has 1 rings (SSSR count). The minimum atomic E-state index is -0.108. The molecule has 0 aliphatic rings. The second-order valence-electron chi connectivity index (χ2n) is 6.27. The molecule has 1 amide bonds. The van der Waals surface area contributed by atoms with Crippen molar-refractivity contribution in [1.29, 1.82) is 0 Å². The molecular formula is C16H23Cl2N2O+. The van der Waals surface area contributed by atoms with Crippen LogP contribution in [-0.4, -0.2) is 33.1 Å². The molecule has 0 fully saturated rings. The molecule has 1 aromatic rings. The third-order valence-electron chi connectivity index (χ3n) is 2.94. The Kier molecular flexibility index (Phi) is 6.72. The maximum Gasteiger partial charge on any atom is 0.244 e. The predicted molar refractivity (Wildman–Crippen MR) is 90.0 cm³/mol. The van der Waals surface area contributed by atoms with Gasteiger partial charge in [0.05, 0.1) is 30.7 Å². The molecule has 0 radical (unpaired) electrons. The molecular weight excluding hydrogens is 307 g/mol. The van der Waals surface area contributed by atoms with E-state index in [9.17, 15) is 4.79 Å². The lowest BCUT2D eigenvalue weighted by Crippen LogP contribution is -3.07. The van der Waals surface area contributed by atoms with Gasteiger partial charge in [-0.15, -0.1) is 0 Å². The van der Waals surface area contributed by atoms with Crippen LogP contribution in [0.3, 0.4) is 0 Å². The summed E-state index contributed by atoms with van der Waals surface area (Å²) in [7, 11) is 4.21. The standard InChI is InChI=1S/C16H22Cl2N2O/c1-16(2,11-20(3)4)10-19-15(21)8-6-12-5-7-13(17)14(18)9-12/h5-9H,10-11H2,1-4H3,(H,19,21)/p+1/b8-6+. The van der Waals surface area contributed by atoms with Gasteiger partial charge in [0.15, 0.2) is 0 Å². The Morgan fingerprint density at radius 1 is 1.29 bits per heavy atom. The third kappa shape index (κ3) is 6.98. The van der Waals surface area contributed by atoms with Crippen molar-refractivity contribution in [3.8, 4) is 0 Å². The van der Waals surface area contributed by atoms with Crippen LogP contribution in [0.15, 0.2) is 24.3 Å². The van der Waals surface area contributed by atoms with E-state index in [2.05, 4.69) is 33.3 Å². The molecule has 2 N–H and O–H groups in total. The van der Waals surface area contributed by atoms with E-state index in [1.54, 1.807) is 18.2 Å². The van der Waals surface area contributed by atoms with E-state index in [0.717, 1.165) is 12.1 Å². The monoisotopic (exact) mass is 329 g/mol. The molecule has 21 heavy (non-hydrogen) atoms. The summed E-state index contributed by atoms with van der Waals surface area (Å²) in [6, 6.07) is 5.26. The van der Waals surface area contributed by atoms with Gasteiger partial charge in [-0.1, -0.05) is 43.1 Å². The minimum Gasteiger partial charge on any atom is -0.352 e. The van der Waals surface area contributed by atoms with Gasteiger partial charge < -0.3 is 10.2 Å². The maximum absolute atomic E-state index is 11.8. The summed E-state index contributed by atoms with van der Waals surface area (Å²) in [5.41, 5.74) is 0.905. The van der Waals surface area contributed by atoms with Gasteiger partial charge in [0, 0.05) is 18.0 Å². The quantitative estimate of drug-likeness (QED) is 0.771. The van der Waals surface area contributed by atoms with Crippen LogP contribution in [0.25, 0.3) is 6.08 Å². The second-order valence-corrected chi connectivity index (χ2v) is 7.09. The minimum absolute atomic E-state index is 0.0614. The summed E-state index contributed by atoms with van der Waals surface area (Å²) in [6.45, 7) is 5.92. The number of amides is 1. The second kappa shape index (κ2) is 7.83. The molecule has 0 saturated heterocycles. The van der Waals surface area contributed by atoms with Gasteiger partial charge in [0.2, 0.25) is 5.91 Å². The molecule has 116 valence electrons. The highest BCUT2D eigenvalue weighted by molar-refractivity contribution is 6.42. The van der Waals surface area contributed by atoms with Gasteiger partial charge in [0.1, 0.15) is 0 Å². The van der Waals surface area contributed by atoms with E-state index < -0.39 is 0 Å². The number of quaternary nitrogens is 1. The van der Waals surface area contributed by atoms with Crippen LogP contribution in [0.5, 0.6) is 0 Å². The van der Waals surface area contributed by atoms with E-state index in [-0.39, 0.29) is 11.3 Å². The molecule has 0 aliphatic carbocycles. The molecule has 1 aromatic carbocycles. The summed E-state index contributed by atoms with van der Waals surface area (Å²) < 4.78 is 0. The zero-order valence-electron chi connectivity index (χ0n) is 13.0. The highest BCUT2D eigenvalue weighted by Crippen LogP contribution is 2.23. The number of hydrogen-bond acceptors (Lipinski definition) is 1. The Labute approximate surface area is 136 Å². The molecule has 3 nitrogen and oxygen atoms in total. The normalized spacial score (nSPS) is 12.1. The Morgan fingerprint density at radius 3 is 2.52 bits per heavy atom. The summed E-state index contributed by atoms with van der Waals surface area (Å²) >= 11 is 11.8. The summed E-state index contributed by atoms with van der Waals surface area (Å²) in [5.74, 6) is -0.108. The number of halogens is 2. The van der Waals surface area contributed by atoms with Crippen molar-refractivity contribution >= 4 is 35.2 Å². The molecule has 0 atom stereocenters. The van der Waals surface area contributed by atoms with Crippen molar-refractivity contribution in [1.82, 2.24) is 5.32 Å². The van der Waals surface area contributed by atoms with Gasteiger partial charge in [-0.05, 0) is 23.8 Å². The Hall–Kier alpha value is -1.03. The number of hydrogen-bond donors (Lipinski definition) is 2. The molecule has 0 aliphatic heterocycles. The zero-order chi connectivity index (χ0) is 16.0. The SMILES string of the molecule is C[NH+](C)CC(C)(C)CNC(=O)/C=C/c1ccc(Cl)c(Cl)c1. The summed E-state index contributed by atoms with van der Waals surface area (Å²) in [5, 5.41) is 3.91. The van der Waals surface area contributed by atoms with Crippen molar-refractivity contribution in [3.05, 3.63) is 39.9 Å². The first-order chi connectivity index (χ1) is 9.69. The van der Waals surface area contributed by atoms with Crippen LogP contribution in [0, 0.1) is 5.41 Å². The number of rotatable bonds is 6. The lowest BCUT2D eigenvalue weighted by atomic mass is 9.93. The number of carbonyl (C=O) groups excluding carboxylic acids is 1. The van der Waals surface area contributed by atoms with E-state index in [4.69, 9.17) is 23.2 Å². The molecule has 0 spiro atoms. The molecule has 0 saturated carbocycles. The lowest BCUT2D eigenvalue weighted by Gasteiger charge is -2.25. The Bertz CT molecular complexity index is 525. The predicted octanol–water partition coefficient (Wildman–Crippen LogP) is 2.29. The van der Waals surface area contributed by atoms with Crippen LogP contribution < -0.4 is 10.2 Å². The first kappa shape index (κ1) is 18.0. The van der Waals surface area contributed by atoms with E-state index in [1.165, 1.54) is 11.0 Å². The summed E-state index contributed by atoms with van der Waals surface area (Å²) in [4.78, 5) is 13.2. The largest absolute Gasteiger partial charge is 0.352 e. The van der Waals surface area contributed by atoms with Crippen LogP contribution in [-0.2, 0) is 4.79 Å². The van der Waals surface area contributed by atoms with Crippen LogP contribution in [0.2, 0.25) is 10.0 Å². The fourth-order valence-corrected chi connectivity index (χ4v) is 2.50. The first-order valence-corrected chi connectivity index (χ1v) is 7.65. The maximum atomic E-state index is 11.8. The molecule has 5 heteroatoms. The van der Waals surface area contributed by atoms with Crippen molar-refractivity contribution in [2.75, 3.05) is 27.2 Å². The molecule has 0 bridgehead atoms. The summed E-state index contributed by atoms with van der Waals surface area (Å²) in [6.07, 6.45) is 3.24. The highest BCUT2D eigenvalue weighted by atomic mass is 35.5. The van der Waals surface area contributed by atoms with Gasteiger partial charge in [-0.25, -0.2) is 0 Å². The van der Waals surface area contributed by atoms with Gasteiger partial charge in [-0.3, -0.25) is 4.79 Å². The van der Waals surface area contributed by atoms with E-state index in [0.29, 0.717) is 16.6 Å². The van der Waals surface area contributed by atoms with Crippen LogP contribution in [0.4, 0.5) is 0 Å². The topological polar surface area (TPSA) is 33.5 Å². The number of benzene rings is 1. The van der Waals surface area contributed by atoms with Gasteiger partial charge in [0.25, 0.3) is 0 Å². The average molecular weight is 330 g/mol. The fourth-order valence-electron chi connectivity index (χ4n) is 2.19. The van der Waals surface area contributed by atoms with Crippen molar-refractivity contribution < 1.29 is 9.69 Å². The molecule has 0 heterocycles. The van der Waals surface area contributed by atoms with Gasteiger partial charge in [-0.2, -0.15) is 0 Å². The van der Waals surface area contributed by atoms with E-state index >= 15 is 0 Å². The Morgan fingerprint density at radius 2 is 1.95 bits per heavy atom. The Balaban J connectivity index is 2.53. The van der Waals surface area contributed by atoms with Crippen LogP contribution >= 0.6 is 23.2 Å². The first-order valence-electron chi connectivity index (χ1n) is 6.90. The van der Waals surface area contributed by atoms with E-state index in [1.807, 2.05) is 6.07 Å². The lowest BCUT2D eigenvalue weighted by molar-refractivity contribution is -0.865. The molecule has 0 aromatic heterocycles. The zero-order valence-corrected chi connectivity index (χ0v) is 14.5. The average Bonchev–Trinajstić information content (AvgIpc) is 2.36. The molecule has 0 unspecified atom stereocenters. The number of nitrogens with one attached hydrogen (secondary N) is 2. The van der Waals surface area contributed by atoms with Crippen LogP contribution in [0.1, 0.15) is 19.4 Å².